The largest absolute Gasteiger partial charge is 0.409 e. The Labute approximate surface area is 153 Å². The molecule has 1 amide bonds. The molecular formula is C20H17F3N2O2. The molecule has 0 fully saturated rings. The number of nitrogens with one attached hydrogen (secondary N) is 2. The third-order valence-corrected chi connectivity index (χ3v) is 4.06. The van der Waals surface area contributed by atoms with Crippen LogP contribution in [0.4, 0.5) is 18.9 Å². The summed E-state index contributed by atoms with van der Waals surface area (Å²) in [6.07, 6.45) is -3.25. The van der Waals surface area contributed by atoms with Gasteiger partial charge in [-0.15, -0.1) is 0 Å². The van der Waals surface area contributed by atoms with Crippen molar-refractivity contribution in [2.45, 2.75) is 19.7 Å². The van der Waals surface area contributed by atoms with Gasteiger partial charge in [0.15, 0.2) is 0 Å². The Morgan fingerprint density at radius 2 is 1.96 bits per heavy atom. The SMILES string of the molecule is Cc1cc(C=CC(F)(F)F)ccc1C(=O)Nc1ccc2[nH]c(CO)cc2c1. The molecule has 1 heterocycles. The summed E-state index contributed by atoms with van der Waals surface area (Å²) in [5.41, 5.74) is 3.41. The molecule has 2 aromatic carbocycles. The fourth-order valence-corrected chi connectivity index (χ4v) is 2.79. The zero-order valence-corrected chi connectivity index (χ0v) is 14.4. The first kappa shape index (κ1) is 18.7. The number of allylic oxidation sites excluding steroid dienone is 1. The number of carbonyl (C=O) groups is 1. The Morgan fingerprint density at radius 3 is 2.63 bits per heavy atom. The van der Waals surface area contributed by atoms with E-state index in [2.05, 4.69) is 10.3 Å². The third kappa shape index (κ3) is 4.57. The van der Waals surface area contributed by atoms with Crippen LogP contribution in [0.1, 0.15) is 27.2 Å². The standard InChI is InChI=1S/C20H17F3N2O2/c1-12-8-13(6-7-20(21,22)23)2-4-17(12)19(27)25-15-3-5-18-14(9-15)10-16(11-26)24-18/h2-10,24,26H,11H2,1H3,(H,25,27). The second kappa shape index (κ2) is 7.28. The van der Waals surface area contributed by atoms with Crippen molar-refractivity contribution in [1.29, 1.82) is 0 Å². The number of aliphatic hydroxyl groups is 1. The van der Waals surface area contributed by atoms with Gasteiger partial charge in [0.2, 0.25) is 0 Å². The molecule has 0 bridgehead atoms. The molecule has 7 heteroatoms. The van der Waals surface area contributed by atoms with Gasteiger partial charge >= 0.3 is 6.18 Å². The summed E-state index contributed by atoms with van der Waals surface area (Å²) in [6.45, 7) is 1.56. The van der Waals surface area contributed by atoms with Crippen LogP contribution in [0.15, 0.2) is 48.5 Å². The van der Waals surface area contributed by atoms with Gasteiger partial charge in [-0.25, -0.2) is 0 Å². The van der Waals surface area contributed by atoms with E-state index in [9.17, 15) is 18.0 Å². The van der Waals surface area contributed by atoms with Gasteiger partial charge in [-0.3, -0.25) is 4.79 Å². The quantitative estimate of drug-likeness (QED) is 0.614. The van der Waals surface area contributed by atoms with Gasteiger partial charge in [0.1, 0.15) is 0 Å². The number of hydrogen-bond donors (Lipinski definition) is 3. The van der Waals surface area contributed by atoms with E-state index in [4.69, 9.17) is 5.11 Å². The van der Waals surface area contributed by atoms with E-state index in [0.717, 1.165) is 17.0 Å². The van der Waals surface area contributed by atoms with Crippen LogP contribution in [-0.4, -0.2) is 22.2 Å². The van der Waals surface area contributed by atoms with E-state index >= 15 is 0 Å². The molecule has 1 aromatic heterocycles. The first-order valence-electron chi connectivity index (χ1n) is 8.15. The number of aromatic nitrogens is 1. The number of fused-ring (bicyclic) bond motifs is 1. The van der Waals surface area contributed by atoms with Crippen LogP contribution in [0, 0.1) is 6.92 Å². The average Bonchev–Trinajstić information content (AvgIpc) is 3.01. The molecule has 3 aromatic rings. The van der Waals surface area contributed by atoms with Crippen molar-refractivity contribution in [1.82, 2.24) is 4.98 Å². The number of H-pyrrole nitrogens is 1. The summed E-state index contributed by atoms with van der Waals surface area (Å²) in [7, 11) is 0. The molecule has 0 radical (unpaired) electrons. The van der Waals surface area contributed by atoms with Gasteiger partial charge < -0.3 is 15.4 Å². The third-order valence-electron chi connectivity index (χ3n) is 4.06. The lowest BCUT2D eigenvalue weighted by molar-refractivity contribution is -0.0790. The van der Waals surface area contributed by atoms with Crippen LogP contribution in [0.25, 0.3) is 17.0 Å². The van der Waals surface area contributed by atoms with Crippen LogP contribution < -0.4 is 5.32 Å². The zero-order chi connectivity index (χ0) is 19.6. The highest BCUT2D eigenvalue weighted by Crippen LogP contribution is 2.22. The number of rotatable bonds is 4. The monoisotopic (exact) mass is 374 g/mol. The molecule has 27 heavy (non-hydrogen) atoms. The van der Waals surface area contributed by atoms with E-state index in [1.54, 1.807) is 31.2 Å². The van der Waals surface area contributed by atoms with E-state index in [0.29, 0.717) is 28.1 Å². The minimum atomic E-state index is -4.38. The van der Waals surface area contributed by atoms with Gasteiger partial charge in [-0.2, -0.15) is 13.2 Å². The molecule has 140 valence electrons. The van der Waals surface area contributed by atoms with Crippen molar-refractivity contribution in [3.63, 3.8) is 0 Å². The van der Waals surface area contributed by atoms with E-state index < -0.39 is 6.18 Å². The summed E-state index contributed by atoms with van der Waals surface area (Å²) < 4.78 is 36.8. The lowest BCUT2D eigenvalue weighted by Crippen LogP contribution is -2.13. The number of anilines is 1. The summed E-state index contributed by atoms with van der Waals surface area (Å²) in [6, 6.07) is 11.6. The molecule has 0 aliphatic carbocycles. The average molecular weight is 374 g/mol. The maximum Gasteiger partial charge on any atom is 0.409 e. The fourth-order valence-electron chi connectivity index (χ4n) is 2.79. The first-order valence-corrected chi connectivity index (χ1v) is 8.15. The molecule has 0 aliphatic heterocycles. The van der Waals surface area contributed by atoms with Gasteiger partial charge in [0.25, 0.3) is 5.91 Å². The number of aromatic amines is 1. The van der Waals surface area contributed by atoms with Crippen LogP contribution in [0.2, 0.25) is 0 Å². The summed E-state index contributed by atoms with van der Waals surface area (Å²) in [5.74, 6) is -0.351. The maximum atomic E-state index is 12.5. The highest BCUT2D eigenvalue weighted by atomic mass is 19.4. The van der Waals surface area contributed by atoms with Crippen LogP contribution >= 0.6 is 0 Å². The summed E-state index contributed by atoms with van der Waals surface area (Å²) in [4.78, 5) is 15.5. The molecule has 4 nitrogen and oxygen atoms in total. The predicted octanol–water partition coefficient (Wildman–Crippen LogP) is 4.80. The predicted molar refractivity (Wildman–Crippen MR) is 98.4 cm³/mol. The molecule has 0 aliphatic rings. The summed E-state index contributed by atoms with van der Waals surface area (Å²) in [5, 5.41) is 12.8. The lowest BCUT2D eigenvalue weighted by Gasteiger charge is -2.09. The molecule has 0 unspecified atom stereocenters. The van der Waals surface area contributed by atoms with Crippen LogP contribution in [0.5, 0.6) is 0 Å². The molecule has 3 rings (SSSR count). The Morgan fingerprint density at radius 1 is 1.19 bits per heavy atom. The fraction of sp³-hybridized carbons (Fsp3) is 0.150. The Kier molecular flexibility index (Phi) is 5.05. The van der Waals surface area contributed by atoms with E-state index in [1.807, 2.05) is 0 Å². The number of carbonyl (C=O) groups excluding carboxylic acids is 1. The van der Waals surface area contributed by atoms with Crippen molar-refractivity contribution in [3.05, 3.63) is 70.9 Å². The zero-order valence-electron chi connectivity index (χ0n) is 14.4. The Bertz CT molecular complexity index is 1020. The van der Waals surface area contributed by atoms with Gasteiger partial charge in [0.05, 0.1) is 6.61 Å². The molecule has 3 N–H and O–H groups in total. The first-order chi connectivity index (χ1) is 12.7. The minimum Gasteiger partial charge on any atom is -0.390 e. The molecule has 0 atom stereocenters. The lowest BCUT2D eigenvalue weighted by atomic mass is 10.0. The van der Waals surface area contributed by atoms with Crippen LogP contribution in [0.3, 0.4) is 0 Å². The van der Waals surface area contributed by atoms with E-state index in [-0.39, 0.29) is 18.6 Å². The van der Waals surface area contributed by atoms with Crippen molar-refractivity contribution < 1.29 is 23.1 Å². The number of halogens is 3. The smallest absolute Gasteiger partial charge is 0.390 e. The van der Waals surface area contributed by atoms with Crippen molar-refractivity contribution in [3.8, 4) is 0 Å². The van der Waals surface area contributed by atoms with Gasteiger partial charge in [-0.05, 0) is 48.4 Å². The second-order valence-corrected chi connectivity index (χ2v) is 6.16. The topological polar surface area (TPSA) is 65.1 Å². The van der Waals surface area contributed by atoms with Crippen molar-refractivity contribution >= 4 is 28.6 Å². The number of aliphatic hydroxyl groups excluding tert-OH is 1. The van der Waals surface area contributed by atoms with Crippen LogP contribution in [-0.2, 0) is 6.61 Å². The number of alkyl halides is 3. The number of hydrogen-bond acceptors (Lipinski definition) is 2. The van der Waals surface area contributed by atoms with Crippen molar-refractivity contribution in [2.75, 3.05) is 5.32 Å². The second-order valence-electron chi connectivity index (χ2n) is 6.16. The number of aryl methyl sites for hydroxylation is 1. The molecule has 0 saturated carbocycles. The normalized spacial score (nSPS) is 12.0. The number of amides is 1. The van der Waals surface area contributed by atoms with Gasteiger partial charge in [-0.1, -0.05) is 18.2 Å². The molecule has 0 saturated heterocycles. The van der Waals surface area contributed by atoms with Gasteiger partial charge in [0, 0.05) is 33.9 Å². The number of benzene rings is 2. The highest BCUT2D eigenvalue weighted by Gasteiger charge is 2.21. The highest BCUT2D eigenvalue weighted by molar-refractivity contribution is 6.06. The van der Waals surface area contributed by atoms with E-state index in [1.165, 1.54) is 18.2 Å². The Hall–Kier alpha value is -3.06. The Balaban J connectivity index is 1.78. The summed E-state index contributed by atoms with van der Waals surface area (Å²) >= 11 is 0. The molecule has 0 spiro atoms. The molecular weight excluding hydrogens is 357 g/mol. The minimum absolute atomic E-state index is 0.106. The van der Waals surface area contributed by atoms with Crippen molar-refractivity contribution in [2.24, 2.45) is 0 Å². The maximum absolute atomic E-state index is 12.5.